The van der Waals surface area contributed by atoms with Crippen molar-refractivity contribution in [2.45, 2.75) is 51.0 Å². The van der Waals surface area contributed by atoms with E-state index in [1.807, 2.05) is 0 Å². The van der Waals surface area contributed by atoms with Crippen LogP contribution < -0.4 is 0 Å². The van der Waals surface area contributed by atoms with Crippen LogP contribution in [0.25, 0.3) is 0 Å². The summed E-state index contributed by atoms with van der Waals surface area (Å²) >= 11 is 1.75. The first kappa shape index (κ1) is 14.7. The second-order valence-electron chi connectivity index (χ2n) is 6.11. The van der Waals surface area contributed by atoms with Crippen LogP contribution in [0.15, 0.2) is 17.5 Å². The van der Waals surface area contributed by atoms with Gasteiger partial charge in [-0.3, -0.25) is 9.69 Å². The van der Waals surface area contributed by atoms with Crippen LogP contribution in [0.5, 0.6) is 0 Å². The SMILES string of the molecule is CC1CCC(C(=O)CCc2cccs2)(N(C)C)CC1. The molecule has 2 nitrogen and oxygen atoms in total. The van der Waals surface area contributed by atoms with E-state index >= 15 is 0 Å². The molecule has 0 aliphatic heterocycles. The largest absolute Gasteiger partial charge is 0.298 e. The molecule has 1 saturated carbocycles. The van der Waals surface area contributed by atoms with Crippen LogP contribution in [0, 0.1) is 5.92 Å². The van der Waals surface area contributed by atoms with Crippen molar-refractivity contribution in [3.63, 3.8) is 0 Å². The van der Waals surface area contributed by atoms with Gasteiger partial charge in [0.25, 0.3) is 0 Å². The Labute approximate surface area is 120 Å². The molecule has 0 amide bonds. The highest BCUT2D eigenvalue weighted by Gasteiger charge is 2.41. The van der Waals surface area contributed by atoms with Crippen molar-refractivity contribution in [3.05, 3.63) is 22.4 Å². The van der Waals surface area contributed by atoms with Crippen molar-refractivity contribution in [1.82, 2.24) is 4.90 Å². The standard InChI is InChI=1S/C16H25NOS/c1-13-8-10-16(11-9-13,17(2)3)15(18)7-6-14-5-4-12-19-14/h4-5,12-13H,6-11H2,1-3H3. The molecule has 0 spiro atoms. The van der Waals surface area contributed by atoms with E-state index in [1.165, 1.54) is 17.7 Å². The summed E-state index contributed by atoms with van der Waals surface area (Å²) in [5.41, 5.74) is -0.191. The summed E-state index contributed by atoms with van der Waals surface area (Å²) in [5.74, 6) is 1.22. The Morgan fingerprint density at radius 3 is 2.63 bits per heavy atom. The molecule has 2 rings (SSSR count). The average Bonchev–Trinajstić information content (AvgIpc) is 2.90. The lowest BCUT2D eigenvalue weighted by molar-refractivity contribution is -0.132. The van der Waals surface area contributed by atoms with Gasteiger partial charge in [-0.1, -0.05) is 13.0 Å². The van der Waals surface area contributed by atoms with Gasteiger partial charge in [0, 0.05) is 11.3 Å². The molecule has 1 aromatic rings. The van der Waals surface area contributed by atoms with Crippen molar-refractivity contribution >= 4 is 17.1 Å². The Kier molecular flexibility index (Phi) is 4.80. The van der Waals surface area contributed by atoms with E-state index in [2.05, 4.69) is 43.4 Å². The number of nitrogens with zero attached hydrogens (tertiary/aromatic N) is 1. The number of thiophene rings is 1. The van der Waals surface area contributed by atoms with Crippen LogP contribution in [-0.2, 0) is 11.2 Å². The smallest absolute Gasteiger partial charge is 0.153 e. The van der Waals surface area contributed by atoms with Crippen LogP contribution in [0.1, 0.15) is 43.9 Å². The minimum Gasteiger partial charge on any atom is -0.298 e. The quantitative estimate of drug-likeness (QED) is 0.818. The van der Waals surface area contributed by atoms with Gasteiger partial charge >= 0.3 is 0 Å². The van der Waals surface area contributed by atoms with Crippen molar-refractivity contribution < 1.29 is 4.79 Å². The average molecular weight is 279 g/mol. The van der Waals surface area contributed by atoms with Gasteiger partial charge in [0.2, 0.25) is 0 Å². The number of rotatable bonds is 5. The minimum atomic E-state index is -0.191. The van der Waals surface area contributed by atoms with E-state index in [0.29, 0.717) is 12.2 Å². The van der Waals surface area contributed by atoms with E-state index < -0.39 is 0 Å². The molecule has 0 unspecified atom stereocenters. The first-order valence-electron chi connectivity index (χ1n) is 7.28. The fraction of sp³-hybridized carbons (Fsp3) is 0.688. The molecule has 1 aromatic heterocycles. The molecule has 1 aliphatic rings. The lowest BCUT2D eigenvalue weighted by Gasteiger charge is -2.43. The van der Waals surface area contributed by atoms with Gasteiger partial charge in [-0.2, -0.15) is 0 Å². The number of aryl methyl sites for hydroxylation is 1. The van der Waals surface area contributed by atoms with E-state index in [-0.39, 0.29) is 5.54 Å². The predicted molar refractivity (Wildman–Crippen MR) is 81.7 cm³/mol. The monoisotopic (exact) mass is 279 g/mol. The lowest BCUT2D eigenvalue weighted by atomic mass is 9.73. The van der Waals surface area contributed by atoms with Crippen molar-refractivity contribution in [2.24, 2.45) is 5.92 Å². The minimum absolute atomic E-state index is 0.191. The molecular formula is C16H25NOS. The summed E-state index contributed by atoms with van der Waals surface area (Å²) in [7, 11) is 4.14. The normalized spacial score (nSPS) is 27.7. The molecule has 106 valence electrons. The number of hydrogen-bond donors (Lipinski definition) is 0. The molecular weight excluding hydrogens is 254 g/mol. The second-order valence-corrected chi connectivity index (χ2v) is 7.14. The van der Waals surface area contributed by atoms with Crippen LogP contribution in [0.4, 0.5) is 0 Å². The van der Waals surface area contributed by atoms with Crippen LogP contribution in [0.3, 0.4) is 0 Å². The van der Waals surface area contributed by atoms with Crippen molar-refractivity contribution in [2.75, 3.05) is 14.1 Å². The number of likely N-dealkylation sites (N-methyl/N-ethyl adjacent to an activating group) is 1. The highest BCUT2D eigenvalue weighted by molar-refractivity contribution is 7.09. The zero-order valence-corrected chi connectivity index (χ0v) is 13.1. The summed E-state index contributed by atoms with van der Waals surface area (Å²) in [4.78, 5) is 16.2. The third-order valence-corrected chi connectivity index (χ3v) is 5.59. The van der Waals surface area contributed by atoms with E-state index in [4.69, 9.17) is 0 Å². The summed E-state index contributed by atoms with van der Waals surface area (Å²) in [6.07, 6.45) is 6.02. The Bertz CT molecular complexity index is 402. The molecule has 1 heterocycles. The van der Waals surface area contributed by atoms with Crippen LogP contribution in [-0.4, -0.2) is 30.3 Å². The summed E-state index contributed by atoms with van der Waals surface area (Å²) in [6.45, 7) is 2.30. The van der Waals surface area contributed by atoms with Gasteiger partial charge in [0.1, 0.15) is 0 Å². The molecule has 0 atom stereocenters. The molecule has 1 fully saturated rings. The van der Waals surface area contributed by atoms with Gasteiger partial charge in [0.05, 0.1) is 5.54 Å². The third kappa shape index (κ3) is 3.26. The number of Topliss-reactive ketones (excluding diaryl/α,β-unsaturated/α-hetero) is 1. The molecule has 1 aliphatic carbocycles. The van der Waals surface area contributed by atoms with Gasteiger partial charge in [-0.05, 0) is 63.6 Å². The van der Waals surface area contributed by atoms with Crippen LogP contribution >= 0.6 is 11.3 Å². The maximum Gasteiger partial charge on any atom is 0.153 e. The lowest BCUT2D eigenvalue weighted by Crippen LogP contribution is -2.53. The third-order valence-electron chi connectivity index (χ3n) is 4.66. The van der Waals surface area contributed by atoms with E-state index in [0.717, 1.165) is 25.2 Å². The van der Waals surface area contributed by atoms with Gasteiger partial charge in [0.15, 0.2) is 5.78 Å². The van der Waals surface area contributed by atoms with E-state index in [9.17, 15) is 4.79 Å². The van der Waals surface area contributed by atoms with Crippen molar-refractivity contribution in [3.8, 4) is 0 Å². The molecule has 0 aromatic carbocycles. The molecule has 0 bridgehead atoms. The highest BCUT2D eigenvalue weighted by atomic mass is 32.1. The van der Waals surface area contributed by atoms with E-state index in [1.54, 1.807) is 11.3 Å². The number of ketones is 1. The molecule has 0 radical (unpaired) electrons. The Morgan fingerprint density at radius 2 is 2.11 bits per heavy atom. The summed E-state index contributed by atoms with van der Waals surface area (Å²) < 4.78 is 0. The maximum absolute atomic E-state index is 12.7. The topological polar surface area (TPSA) is 20.3 Å². The number of hydrogen-bond acceptors (Lipinski definition) is 3. The maximum atomic E-state index is 12.7. The molecule has 3 heteroatoms. The zero-order valence-electron chi connectivity index (χ0n) is 12.3. The summed E-state index contributed by atoms with van der Waals surface area (Å²) in [6, 6.07) is 4.19. The van der Waals surface area contributed by atoms with Crippen molar-refractivity contribution in [1.29, 1.82) is 0 Å². The van der Waals surface area contributed by atoms with Gasteiger partial charge < -0.3 is 0 Å². The van der Waals surface area contributed by atoms with Gasteiger partial charge in [-0.15, -0.1) is 11.3 Å². The zero-order chi connectivity index (χ0) is 13.9. The Hall–Kier alpha value is -0.670. The summed E-state index contributed by atoms with van der Waals surface area (Å²) in [5, 5.41) is 2.09. The highest BCUT2D eigenvalue weighted by Crippen LogP contribution is 2.37. The first-order chi connectivity index (χ1) is 9.04. The predicted octanol–water partition coefficient (Wildman–Crippen LogP) is 3.76. The molecule has 0 N–H and O–H groups in total. The molecule has 0 saturated heterocycles. The molecule has 19 heavy (non-hydrogen) atoms. The fourth-order valence-electron chi connectivity index (χ4n) is 3.14. The van der Waals surface area contributed by atoms with Gasteiger partial charge in [-0.25, -0.2) is 0 Å². The Morgan fingerprint density at radius 1 is 1.42 bits per heavy atom. The first-order valence-corrected chi connectivity index (χ1v) is 8.16. The van der Waals surface area contributed by atoms with Crippen LogP contribution in [0.2, 0.25) is 0 Å². The fourth-order valence-corrected chi connectivity index (χ4v) is 3.85. The Balaban J connectivity index is 2.00. The number of carbonyl (C=O) groups is 1. The second kappa shape index (κ2) is 6.19. The number of carbonyl (C=O) groups excluding carboxylic acids is 1.